The van der Waals surface area contributed by atoms with Crippen molar-refractivity contribution in [2.75, 3.05) is 4.90 Å². The van der Waals surface area contributed by atoms with E-state index >= 15 is 0 Å². The Bertz CT molecular complexity index is 3410. The molecule has 0 aliphatic carbocycles. The quantitative estimate of drug-likeness (QED) is 0.168. The Morgan fingerprint density at radius 2 is 1.05 bits per heavy atom. The Hall–Kier alpha value is -7.05. The highest BCUT2D eigenvalue weighted by Gasteiger charge is 2.24. The Balaban J connectivity index is 0.989. The van der Waals surface area contributed by atoms with Crippen molar-refractivity contribution in [3.63, 3.8) is 0 Å². The topological polar surface area (TPSA) is 29.0 Å². The molecule has 59 heavy (non-hydrogen) atoms. The van der Waals surface area contributed by atoms with Crippen LogP contribution in [-0.4, -0.2) is 9.97 Å². The van der Waals surface area contributed by atoms with E-state index in [4.69, 9.17) is 9.97 Å². The van der Waals surface area contributed by atoms with Gasteiger partial charge in [0.1, 0.15) is 0 Å². The first kappa shape index (κ1) is 34.0. The van der Waals surface area contributed by atoms with Crippen LogP contribution < -0.4 is 4.90 Å². The van der Waals surface area contributed by atoms with E-state index in [0.29, 0.717) is 0 Å². The minimum absolute atomic E-state index is 0.725. The maximum absolute atomic E-state index is 5.36. The second-order valence-corrected chi connectivity index (χ2v) is 17.1. The Morgan fingerprint density at radius 3 is 1.92 bits per heavy atom. The highest BCUT2D eigenvalue weighted by molar-refractivity contribution is 7.99. The molecule has 0 saturated heterocycles. The van der Waals surface area contributed by atoms with Crippen LogP contribution in [0.15, 0.2) is 210 Å². The van der Waals surface area contributed by atoms with Gasteiger partial charge in [0.15, 0.2) is 5.82 Å². The molecule has 12 rings (SSSR count). The summed E-state index contributed by atoms with van der Waals surface area (Å²) in [6, 6.07) is 72.0. The average molecular weight is 788 g/mol. The number of thiophene rings is 1. The lowest BCUT2D eigenvalue weighted by molar-refractivity contribution is 1.22. The molecule has 5 heteroatoms. The highest BCUT2D eigenvalue weighted by atomic mass is 32.2. The van der Waals surface area contributed by atoms with Crippen molar-refractivity contribution in [2.24, 2.45) is 0 Å². The molecule has 9 aromatic carbocycles. The van der Waals surface area contributed by atoms with E-state index < -0.39 is 0 Å². The molecular formula is C54H33N3S2. The number of para-hydroxylation sites is 2. The first-order chi connectivity index (χ1) is 29.2. The smallest absolute Gasteiger partial charge is 0.160 e. The third-order valence-electron chi connectivity index (χ3n) is 11.5. The summed E-state index contributed by atoms with van der Waals surface area (Å²) in [5.41, 5.74) is 12.2. The predicted octanol–water partition coefficient (Wildman–Crippen LogP) is 15.8. The fourth-order valence-corrected chi connectivity index (χ4v) is 10.9. The molecule has 1 aliphatic heterocycles. The van der Waals surface area contributed by atoms with Gasteiger partial charge in [0.2, 0.25) is 0 Å². The van der Waals surface area contributed by atoms with Gasteiger partial charge >= 0.3 is 0 Å². The molecule has 276 valence electrons. The fourth-order valence-electron chi connectivity index (χ4n) is 8.69. The summed E-state index contributed by atoms with van der Waals surface area (Å²) in [7, 11) is 0. The third kappa shape index (κ3) is 5.73. The minimum Gasteiger partial charge on any atom is -0.310 e. The molecule has 0 unspecified atom stereocenters. The summed E-state index contributed by atoms with van der Waals surface area (Å²) in [6.07, 6.45) is 0. The van der Waals surface area contributed by atoms with Crippen LogP contribution in [0.3, 0.4) is 0 Å². The van der Waals surface area contributed by atoms with Gasteiger partial charge in [-0.2, -0.15) is 0 Å². The zero-order chi connectivity index (χ0) is 38.9. The maximum atomic E-state index is 5.36. The van der Waals surface area contributed by atoms with Crippen LogP contribution in [0.1, 0.15) is 0 Å². The lowest BCUT2D eigenvalue weighted by atomic mass is 9.94. The first-order valence-corrected chi connectivity index (χ1v) is 21.4. The van der Waals surface area contributed by atoms with Crippen LogP contribution in [-0.2, 0) is 0 Å². The van der Waals surface area contributed by atoms with E-state index in [2.05, 4.69) is 205 Å². The minimum atomic E-state index is 0.725. The Morgan fingerprint density at radius 1 is 0.390 bits per heavy atom. The molecule has 0 N–H and O–H groups in total. The summed E-state index contributed by atoms with van der Waals surface area (Å²) < 4.78 is 2.58. The number of nitrogens with zero attached hydrogens (tertiary/aromatic N) is 3. The van der Waals surface area contributed by atoms with Gasteiger partial charge in [0.05, 0.1) is 16.9 Å². The molecule has 11 aromatic rings. The van der Waals surface area contributed by atoms with Gasteiger partial charge in [-0.3, -0.25) is 0 Å². The van der Waals surface area contributed by atoms with Crippen LogP contribution in [0, 0.1) is 0 Å². The van der Waals surface area contributed by atoms with Crippen LogP contribution in [0.5, 0.6) is 0 Å². The molecular weight excluding hydrogens is 755 g/mol. The maximum Gasteiger partial charge on any atom is 0.160 e. The van der Waals surface area contributed by atoms with Gasteiger partial charge in [-0.05, 0) is 95.1 Å². The fraction of sp³-hybridized carbons (Fsp3) is 0. The van der Waals surface area contributed by atoms with E-state index in [1.165, 1.54) is 63.0 Å². The van der Waals surface area contributed by atoms with Gasteiger partial charge in [0, 0.05) is 68.6 Å². The summed E-state index contributed by atoms with van der Waals surface area (Å²) in [4.78, 5) is 15.4. The van der Waals surface area contributed by atoms with Gasteiger partial charge in [-0.15, -0.1) is 11.3 Å². The summed E-state index contributed by atoms with van der Waals surface area (Å²) in [5, 5.41) is 6.07. The van der Waals surface area contributed by atoms with Crippen LogP contribution in [0.2, 0.25) is 0 Å². The predicted molar refractivity (Wildman–Crippen MR) is 250 cm³/mol. The lowest BCUT2D eigenvalue weighted by Crippen LogP contribution is -2.11. The lowest BCUT2D eigenvalue weighted by Gasteiger charge is -2.29. The van der Waals surface area contributed by atoms with Gasteiger partial charge in [-0.1, -0.05) is 139 Å². The molecule has 0 radical (unpaired) electrons. The molecule has 1 aliphatic rings. The van der Waals surface area contributed by atoms with Gasteiger partial charge < -0.3 is 4.90 Å². The van der Waals surface area contributed by atoms with Crippen molar-refractivity contribution in [1.82, 2.24) is 9.97 Å². The molecule has 3 heterocycles. The summed E-state index contributed by atoms with van der Waals surface area (Å²) in [5.74, 6) is 0.725. The second-order valence-electron chi connectivity index (χ2n) is 14.9. The largest absolute Gasteiger partial charge is 0.310 e. The van der Waals surface area contributed by atoms with Crippen molar-refractivity contribution < 1.29 is 0 Å². The van der Waals surface area contributed by atoms with E-state index in [-0.39, 0.29) is 0 Å². The summed E-state index contributed by atoms with van der Waals surface area (Å²) >= 11 is 3.67. The molecule has 3 nitrogen and oxygen atoms in total. The third-order valence-corrected chi connectivity index (χ3v) is 13.8. The number of aromatic nitrogens is 2. The standard InChI is InChI=1S/C54H33N3S2/c1-3-12-34(13-4-1)35-22-26-39(27-23-35)57(38-14-5-2-6-15-38)47-28-31-51-52-41(18-11-19-43(47)52)45-33-37(25-30-50(45)59-51)54-55-46-20-9-7-17-42(46)53(56-54)36-24-29-49-44(32-36)40-16-8-10-21-48(40)58-49/h1-33H. The zero-order valence-corrected chi connectivity index (χ0v) is 33.3. The number of rotatable bonds is 6. The molecule has 0 fully saturated rings. The number of hydrogen-bond donors (Lipinski definition) is 0. The molecule has 0 bridgehead atoms. The first-order valence-electron chi connectivity index (χ1n) is 19.8. The van der Waals surface area contributed by atoms with E-state index in [1.54, 1.807) is 0 Å². The summed E-state index contributed by atoms with van der Waals surface area (Å²) in [6.45, 7) is 0. The second kappa shape index (κ2) is 13.8. The SMILES string of the molecule is c1ccc(-c2ccc(N(c3ccccc3)c3ccc4c5c(cccc35)-c3cc(-c5nc(-c6ccc7sc8ccccc8c7c6)c6ccccc6n5)ccc3S4)cc2)cc1. The van der Waals surface area contributed by atoms with E-state index in [1.807, 2.05) is 23.1 Å². The molecule has 2 aromatic heterocycles. The van der Waals surface area contributed by atoms with Crippen molar-refractivity contribution in [3.8, 4) is 44.9 Å². The monoisotopic (exact) mass is 787 g/mol. The van der Waals surface area contributed by atoms with Crippen molar-refractivity contribution in [3.05, 3.63) is 200 Å². The molecule has 0 amide bonds. The van der Waals surface area contributed by atoms with Crippen molar-refractivity contribution >= 4 is 82.0 Å². The number of anilines is 3. The van der Waals surface area contributed by atoms with Crippen LogP contribution in [0.25, 0.3) is 86.7 Å². The Labute approximate surface area is 349 Å². The molecule has 0 atom stereocenters. The van der Waals surface area contributed by atoms with Gasteiger partial charge in [0.25, 0.3) is 0 Å². The normalized spacial score (nSPS) is 12.0. The number of hydrogen-bond acceptors (Lipinski definition) is 5. The van der Waals surface area contributed by atoms with Crippen molar-refractivity contribution in [1.29, 1.82) is 0 Å². The van der Waals surface area contributed by atoms with Gasteiger partial charge in [-0.25, -0.2) is 9.97 Å². The molecule has 0 saturated carbocycles. The molecule has 0 spiro atoms. The average Bonchev–Trinajstić information content (AvgIpc) is 3.68. The van der Waals surface area contributed by atoms with E-state index in [9.17, 15) is 0 Å². The Kier molecular flexibility index (Phi) is 7.96. The number of fused-ring (bicyclic) bond motifs is 6. The van der Waals surface area contributed by atoms with Crippen LogP contribution in [0.4, 0.5) is 17.1 Å². The van der Waals surface area contributed by atoms with E-state index in [0.717, 1.165) is 50.6 Å². The van der Waals surface area contributed by atoms with Crippen LogP contribution >= 0.6 is 23.1 Å². The number of benzene rings is 9. The highest BCUT2D eigenvalue weighted by Crippen LogP contribution is 2.52. The van der Waals surface area contributed by atoms with Crippen molar-refractivity contribution in [2.45, 2.75) is 9.79 Å². The zero-order valence-electron chi connectivity index (χ0n) is 31.7.